The van der Waals surface area contributed by atoms with E-state index in [2.05, 4.69) is 19.9 Å². The monoisotopic (exact) mass is 168 g/mol. The number of nitrogens with zero attached hydrogens (tertiary/aromatic N) is 1. The van der Waals surface area contributed by atoms with Gasteiger partial charge in [-0.05, 0) is 12.8 Å². The second kappa shape index (κ2) is 6.02. The highest BCUT2D eigenvalue weighted by Gasteiger charge is 2.22. The number of hydrogen-bond acceptors (Lipinski definition) is 2. The van der Waals surface area contributed by atoms with Gasteiger partial charge in [-0.3, -0.25) is 0 Å². The topological polar surface area (TPSA) is 49.8 Å². The maximum absolute atomic E-state index is 8.60. The lowest BCUT2D eigenvalue weighted by Crippen LogP contribution is -2.39. The first-order valence-corrected chi connectivity index (χ1v) is 4.84. The fourth-order valence-electron chi connectivity index (χ4n) is 1.49. The van der Waals surface area contributed by atoms with Crippen molar-refractivity contribution < 1.29 is 0 Å². The first kappa shape index (κ1) is 11.4. The maximum Gasteiger partial charge on any atom is 0.0641 e. The Bertz CT molecular complexity index is 148. The molecule has 0 radical (unpaired) electrons. The van der Waals surface area contributed by atoms with Crippen LogP contribution in [0.5, 0.6) is 0 Å². The first-order chi connectivity index (χ1) is 5.68. The van der Waals surface area contributed by atoms with E-state index in [1.165, 1.54) is 0 Å². The molecule has 2 heteroatoms. The van der Waals surface area contributed by atoms with E-state index in [9.17, 15) is 0 Å². The second-order valence-electron chi connectivity index (χ2n) is 3.55. The number of nitrogens with two attached hydrogens (primary N) is 1. The van der Waals surface area contributed by atoms with Crippen LogP contribution in [0.4, 0.5) is 0 Å². The molecule has 70 valence electrons. The minimum atomic E-state index is -0.209. The predicted octanol–water partition coefficient (Wildman–Crippen LogP) is 2.59. The van der Waals surface area contributed by atoms with E-state index in [-0.39, 0.29) is 5.54 Å². The smallest absolute Gasteiger partial charge is 0.0641 e. The van der Waals surface area contributed by atoms with Gasteiger partial charge >= 0.3 is 0 Å². The van der Waals surface area contributed by atoms with E-state index in [1.807, 2.05) is 0 Å². The van der Waals surface area contributed by atoms with Gasteiger partial charge in [0.05, 0.1) is 12.5 Å². The van der Waals surface area contributed by atoms with E-state index in [0.717, 1.165) is 32.1 Å². The molecule has 0 bridgehead atoms. The molecule has 0 aliphatic rings. The average molecular weight is 168 g/mol. The van der Waals surface area contributed by atoms with Gasteiger partial charge in [0.15, 0.2) is 0 Å². The Morgan fingerprint density at radius 1 is 1.25 bits per heavy atom. The lowest BCUT2D eigenvalue weighted by molar-refractivity contribution is 0.357. The number of nitriles is 1. The van der Waals surface area contributed by atoms with Crippen molar-refractivity contribution in [1.82, 2.24) is 0 Å². The van der Waals surface area contributed by atoms with Crippen LogP contribution in [0.2, 0.25) is 0 Å². The summed E-state index contributed by atoms with van der Waals surface area (Å²) in [5.41, 5.74) is 5.87. The molecule has 0 fully saturated rings. The quantitative estimate of drug-likeness (QED) is 0.662. The Morgan fingerprint density at radius 2 is 1.92 bits per heavy atom. The summed E-state index contributed by atoms with van der Waals surface area (Å²) in [4.78, 5) is 0. The first-order valence-electron chi connectivity index (χ1n) is 4.84. The minimum absolute atomic E-state index is 0.209. The summed E-state index contributed by atoms with van der Waals surface area (Å²) in [6, 6.07) is 2.18. The van der Waals surface area contributed by atoms with Crippen molar-refractivity contribution in [3.63, 3.8) is 0 Å². The molecule has 0 aliphatic heterocycles. The normalized spacial score (nSPS) is 15.2. The Balaban J connectivity index is 3.91. The Hall–Kier alpha value is -0.550. The summed E-state index contributed by atoms with van der Waals surface area (Å²) in [5, 5.41) is 8.60. The third-order valence-corrected chi connectivity index (χ3v) is 2.21. The molecule has 0 spiro atoms. The number of hydrogen-bond donors (Lipinski definition) is 1. The van der Waals surface area contributed by atoms with E-state index in [4.69, 9.17) is 11.0 Å². The molecule has 0 aliphatic carbocycles. The lowest BCUT2D eigenvalue weighted by Gasteiger charge is -2.26. The van der Waals surface area contributed by atoms with Crippen LogP contribution in [0.1, 0.15) is 52.4 Å². The standard InChI is InChI=1S/C10H20N2/c1-3-5-7-10(12,6-4-2)8-9-11/h3-8,12H2,1-2H3. The van der Waals surface area contributed by atoms with Gasteiger partial charge in [0.2, 0.25) is 0 Å². The molecule has 1 unspecified atom stereocenters. The summed E-state index contributed by atoms with van der Waals surface area (Å²) >= 11 is 0. The van der Waals surface area contributed by atoms with Crippen LogP contribution in [-0.4, -0.2) is 5.54 Å². The van der Waals surface area contributed by atoms with Crippen molar-refractivity contribution in [2.75, 3.05) is 0 Å². The summed E-state index contributed by atoms with van der Waals surface area (Å²) in [5.74, 6) is 0. The van der Waals surface area contributed by atoms with Gasteiger partial charge in [0, 0.05) is 5.54 Å². The molecule has 0 aromatic rings. The summed E-state index contributed by atoms with van der Waals surface area (Å²) < 4.78 is 0. The zero-order valence-corrected chi connectivity index (χ0v) is 8.27. The molecule has 2 N–H and O–H groups in total. The Labute approximate surface area is 75.8 Å². The van der Waals surface area contributed by atoms with Crippen LogP contribution in [0.25, 0.3) is 0 Å². The van der Waals surface area contributed by atoms with Gasteiger partial charge in [-0.25, -0.2) is 0 Å². The van der Waals surface area contributed by atoms with Crippen molar-refractivity contribution in [3.8, 4) is 6.07 Å². The van der Waals surface area contributed by atoms with Crippen LogP contribution in [-0.2, 0) is 0 Å². The van der Waals surface area contributed by atoms with Gasteiger partial charge < -0.3 is 5.73 Å². The molecule has 0 aromatic carbocycles. The third-order valence-electron chi connectivity index (χ3n) is 2.21. The minimum Gasteiger partial charge on any atom is -0.324 e. The van der Waals surface area contributed by atoms with Crippen LogP contribution < -0.4 is 5.73 Å². The maximum atomic E-state index is 8.60. The molecule has 0 saturated carbocycles. The largest absolute Gasteiger partial charge is 0.324 e. The van der Waals surface area contributed by atoms with Crippen LogP contribution in [0.3, 0.4) is 0 Å². The highest BCUT2D eigenvalue weighted by atomic mass is 14.7. The fourth-order valence-corrected chi connectivity index (χ4v) is 1.49. The van der Waals surface area contributed by atoms with E-state index >= 15 is 0 Å². The molecule has 0 aromatic heterocycles. The zero-order chi connectivity index (χ0) is 9.45. The van der Waals surface area contributed by atoms with E-state index in [1.54, 1.807) is 0 Å². The van der Waals surface area contributed by atoms with Crippen molar-refractivity contribution in [2.24, 2.45) is 5.73 Å². The van der Waals surface area contributed by atoms with Crippen molar-refractivity contribution in [2.45, 2.75) is 57.9 Å². The molecule has 0 rings (SSSR count). The van der Waals surface area contributed by atoms with Crippen molar-refractivity contribution >= 4 is 0 Å². The number of unbranched alkanes of at least 4 members (excludes halogenated alkanes) is 1. The van der Waals surface area contributed by atoms with Gasteiger partial charge in [-0.2, -0.15) is 5.26 Å². The highest BCUT2D eigenvalue weighted by Crippen LogP contribution is 2.20. The van der Waals surface area contributed by atoms with E-state index < -0.39 is 0 Å². The van der Waals surface area contributed by atoms with Crippen LogP contribution in [0, 0.1) is 11.3 Å². The second-order valence-corrected chi connectivity index (χ2v) is 3.55. The lowest BCUT2D eigenvalue weighted by atomic mass is 9.86. The third kappa shape index (κ3) is 4.35. The van der Waals surface area contributed by atoms with Crippen LogP contribution in [0.15, 0.2) is 0 Å². The SMILES string of the molecule is CCCCC(N)(CC#N)CCC. The highest BCUT2D eigenvalue weighted by molar-refractivity contribution is 4.92. The van der Waals surface area contributed by atoms with Gasteiger partial charge in [0.25, 0.3) is 0 Å². The molecular weight excluding hydrogens is 148 g/mol. The average Bonchev–Trinajstić information content (AvgIpc) is 2.02. The zero-order valence-electron chi connectivity index (χ0n) is 8.27. The van der Waals surface area contributed by atoms with Crippen molar-refractivity contribution in [1.29, 1.82) is 5.26 Å². The van der Waals surface area contributed by atoms with Gasteiger partial charge in [0.1, 0.15) is 0 Å². The predicted molar refractivity (Wildman–Crippen MR) is 51.6 cm³/mol. The van der Waals surface area contributed by atoms with Gasteiger partial charge in [-0.15, -0.1) is 0 Å². The summed E-state index contributed by atoms with van der Waals surface area (Å²) in [6.45, 7) is 4.27. The summed E-state index contributed by atoms with van der Waals surface area (Å²) in [6.07, 6.45) is 5.83. The van der Waals surface area contributed by atoms with Crippen molar-refractivity contribution in [3.05, 3.63) is 0 Å². The van der Waals surface area contributed by atoms with Crippen LogP contribution >= 0.6 is 0 Å². The molecule has 0 amide bonds. The number of rotatable bonds is 6. The Morgan fingerprint density at radius 3 is 2.33 bits per heavy atom. The Kier molecular flexibility index (Phi) is 5.74. The summed E-state index contributed by atoms with van der Waals surface area (Å²) in [7, 11) is 0. The molecule has 0 heterocycles. The fraction of sp³-hybridized carbons (Fsp3) is 0.900. The molecular formula is C10H20N2. The molecule has 12 heavy (non-hydrogen) atoms. The van der Waals surface area contributed by atoms with Gasteiger partial charge in [-0.1, -0.05) is 33.1 Å². The molecule has 1 atom stereocenters. The molecule has 2 nitrogen and oxygen atoms in total. The molecule has 0 saturated heterocycles. The van der Waals surface area contributed by atoms with E-state index in [0.29, 0.717) is 6.42 Å².